The Morgan fingerprint density at radius 3 is 0.975 bits per heavy atom. The summed E-state index contributed by atoms with van der Waals surface area (Å²) < 4.78 is 9.25. The van der Waals surface area contributed by atoms with E-state index in [1.54, 1.807) is 0 Å². The molecule has 9 heteroatoms. The fraction of sp³-hybridized carbons (Fsp3) is 0. The Morgan fingerprint density at radius 2 is 0.588 bits per heavy atom. The lowest BCUT2D eigenvalue weighted by Gasteiger charge is -2.17. The lowest BCUT2D eigenvalue weighted by atomic mass is 10.1. The largest absolute Gasteiger partial charge is 0.309 e. The summed E-state index contributed by atoms with van der Waals surface area (Å²) >= 11 is 0. The van der Waals surface area contributed by atoms with Gasteiger partial charge in [-0.15, -0.1) is 0 Å². The van der Waals surface area contributed by atoms with Crippen molar-refractivity contribution in [3.63, 3.8) is 0 Å². The Hall–Kier alpha value is -11.4. The van der Waals surface area contributed by atoms with Crippen LogP contribution in [0.4, 0.5) is 0 Å². The first-order chi connectivity index (χ1) is 39.6. The first kappa shape index (κ1) is 44.9. The lowest BCUT2D eigenvalue weighted by Crippen LogP contribution is -2.06. The van der Waals surface area contributed by atoms with E-state index in [4.69, 9.17) is 15.0 Å². The highest BCUT2D eigenvalue weighted by Crippen LogP contribution is 2.44. The molecule has 11 aromatic carbocycles. The molecule has 0 radical (unpaired) electrons. The van der Waals surface area contributed by atoms with Crippen molar-refractivity contribution in [1.82, 2.24) is 33.2 Å². The molecule has 16 rings (SSSR count). The average Bonchev–Trinajstić information content (AvgIpc) is 4.37. The number of hydrogen-bond acceptors (Lipinski definition) is 5. The van der Waals surface area contributed by atoms with Crippen molar-refractivity contribution in [2.75, 3.05) is 0 Å². The Balaban J connectivity index is 0.976. The maximum atomic E-state index is 10.7. The molecule has 80 heavy (non-hydrogen) atoms. The normalized spacial score (nSPS) is 11.7. The number of hydrogen-bond donors (Lipinski definition) is 0. The summed E-state index contributed by atoms with van der Waals surface area (Å²) in [5.74, 6) is 1.19. The van der Waals surface area contributed by atoms with Gasteiger partial charge in [-0.05, 0) is 109 Å². The van der Waals surface area contributed by atoms with Crippen molar-refractivity contribution >= 4 is 87.2 Å². The van der Waals surface area contributed by atoms with Gasteiger partial charge in [0.15, 0.2) is 17.5 Å². The predicted molar refractivity (Wildman–Crippen MR) is 323 cm³/mol. The van der Waals surface area contributed by atoms with Gasteiger partial charge in [0.25, 0.3) is 0 Å². The summed E-state index contributed by atoms with van der Waals surface area (Å²) in [6, 6.07) is 90.7. The minimum atomic E-state index is 0.371. The molecular formula is C71H41N9. The van der Waals surface area contributed by atoms with Crippen LogP contribution in [0.1, 0.15) is 11.1 Å². The topological polar surface area (TPSA) is 106 Å². The van der Waals surface area contributed by atoms with Crippen molar-refractivity contribution in [1.29, 1.82) is 10.5 Å². The van der Waals surface area contributed by atoms with Gasteiger partial charge in [0.2, 0.25) is 0 Å². The van der Waals surface area contributed by atoms with Crippen LogP contribution in [-0.4, -0.2) is 33.2 Å². The summed E-state index contributed by atoms with van der Waals surface area (Å²) in [6.45, 7) is 0. The first-order valence-corrected chi connectivity index (χ1v) is 26.5. The maximum absolute atomic E-state index is 10.7. The predicted octanol–water partition coefficient (Wildman–Crippen LogP) is 17.0. The zero-order valence-corrected chi connectivity index (χ0v) is 42.7. The van der Waals surface area contributed by atoms with Crippen LogP contribution in [0.5, 0.6) is 0 Å². The van der Waals surface area contributed by atoms with Gasteiger partial charge in [-0.3, -0.25) is 0 Å². The molecule has 0 saturated heterocycles. The molecule has 0 amide bonds. The van der Waals surface area contributed by atoms with Crippen LogP contribution >= 0.6 is 0 Å². The van der Waals surface area contributed by atoms with E-state index in [-0.39, 0.29) is 0 Å². The molecule has 0 N–H and O–H groups in total. The third kappa shape index (κ3) is 6.72. The summed E-state index contributed by atoms with van der Waals surface area (Å²) in [4.78, 5) is 16.2. The molecule has 0 aliphatic heterocycles. The van der Waals surface area contributed by atoms with Gasteiger partial charge in [0, 0.05) is 71.2 Å². The number of benzene rings is 11. The minimum absolute atomic E-state index is 0.371. The van der Waals surface area contributed by atoms with Crippen molar-refractivity contribution in [3.05, 3.63) is 260 Å². The summed E-state index contributed by atoms with van der Waals surface area (Å²) in [7, 11) is 0. The molecule has 0 saturated carbocycles. The van der Waals surface area contributed by atoms with Crippen LogP contribution in [0.3, 0.4) is 0 Å². The second-order valence-electron chi connectivity index (χ2n) is 20.2. The Morgan fingerprint density at radius 1 is 0.263 bits per heavy atom. The van der Waals surface area contributed by atoms with E-state index in [0.717, 1.165) is 105 Å². The fourth-order valence-corrected chi connectivity index (χ4v) is 12.4. The SMILES string of the molecule is N#Cc1ccc(-n2c3ccccc3c3cc4c5ccccc5n(-c5ccccc5)c4cc32)c(-c2nc(-c3ccccc3)nc(-c3cc(C#N)ccc3-n3c4ccccc4c4cc5c6ccccc6n(-c6ccccc6)c5cc43)n2)c1. The maximum Gasteiger partial charge on any atom is 0.166 e. The van der Waals surface area contributed by atoms with Crippen molar-refractivity contribution in [2.45, 2.75) is 0 Å². The highest BCUT2D eigenvalue weighted by atomic mass is 15.1. The number of rotatable bonds is 7. The van der Waals surface area contributed by atoms with Crippen LogP contribution in [0.25, 0.3) is 144 Å². The zero-order chi connectivity index (χ0) is 53.0. The molecule has 0 bridgehead atoms. The molecule has 0 aliphatic carbocycles. The Bertz CT molecular complexity index is 5010. The second-order valence-corrected chi connectivity index (χ2v) is 20.2. The standard InChI is InChI=1S/C71H41N9/c72-42-44-32-34-63(79-61-30-16-12-26-51(61)55-38-53-49-24-10-14-28-59(49)77(65(53)40-67(55)79)47-20-6-2-7-21-47)57(36-44)70-74-69(46-18-4-1-5-19-46)75-71(76-70)58-37-45(43-73)33-35-64(58)80-62-31-17-13-27-52(62)56-39-54-50-25-11-15-29-60(50)78(66(54)41-68(56)80)48-22-8-3-9-23-48/h1-41H. The molecule has 0 spiro atoms. The number of aromatic nitrogens is 7. The van der Waals surface area contributed by atoms with E-state index in [2.05, 4.69) is 200 Å². The minimum Gasteiger partial charge on any atom is -0.309 e. The summed E-state index contributed by atoms with van der Waals surface area (Å²) in [6.07, 6.45) is 0. The van der Waals surface area contributed by atoms with Gasteiger partial charge in [0.1, 0.15) is 0 Å². The van der Waals surface area contributed by atoms with Gasteiger partial charge in [-0.2, -0.15) is 10.5 Å². The summed E-state index contributed by atoms with van der Waals surface area (Å²) in [5.41, 5.74) is 15.0. The number of nitrogens with zero attached hydrogens (tertiary/aromatic N) is 9. The van der Waals surface area contributed by atoms with Crippen LogP contribution < -0.4 is 0 Å². The molecule has 5 aromatic heterocycles. The lowest BCUT2D eigenvalue weighted by molar-refractivity contribution is 1.06. The zero-order valence-electron chi connectivity index (χ0n) is 42.7. The molecular weight excluding hydrogens is 979 g/mol. The van der Waals surface area contributed by atoms with E-state index in [0.29, 0.717) is 39.7 Å². The van der Waals surface area contributed by atoms with E-state index >= 15 is 0 Å². The number of para-hydroxylation sites is 6. The first-order valence-electron chi connectivity index (χ1n) is 26.5. The van der Waals surface area contributed by atoms with Crippen molar-refractivity contribution < 1.29 is 0 Å². The van der Waals surface area contributed by atoms with Gasteiger partial charge in [-0.25, -0.2) is 15.0 Å². The Kier molecular flexibility index (Phi) is 9.86. The average molecular weight is 1020 g/mol. The molecule has 9 nitrogen and oxygen atoms in total. The third-order valence-corrected chi connectivity index (χ3v) is 15.8. The monoisotopic (exact) mass is 1020 g/mol. The molecule has 0 aliphatic rings. The van der Waals surface area contributed by atoms with E-state index in [1.165, 1.54) is 10.8 Å². The van der Waals surface area contributed by atoms with Crippen molar-refractivity contribution in [2.24, 2.45) is 0 Å². The second kappa shape index (κ2) is 17.6. The van der Waals surface area contributed by atoms with Crippen LogP contribution in [0.2, 0.25) is 0 Å². The third-order valence-electron chi connectivity index (χ3n) is 15.8. The molecule has 16 aromatic rings. The molecule has 0 atom stereocenters. The quantitative estimate of drug-likeness (QED) is 0.158. The number of fused-ring (bicyclic) bond motifs is 12. The highest BCUT2D eigenvalue weighted by molar-refractivity contribution is 6.21. The van der Waals surface area contributed by atoms with E-state index < -0.39 is 0 Å². The van der Waals surface area contributed by atoms with Gasteiger partial charge >= 0.3 is 0 Å². The van der Waals surface area contributed by atoms with Gasteiger partial charge in [0.05, 0.1) is 78.8 Å². The fourth-order valence-electron chi connectivity index (χ4n) is 12.4. The van der Waals surface area contributed by atoms with Crippen LogP contribution in [-0.2, 0) is 0 Å². The molecule has 0 fully saturated rings. The summed E-state index contributed by atoms with van der Waals surface area (Å²) in [5, 5.41) is 30.3. The molecule has 370 valence electrons. The van der Waals surface area contributed by atoms with Gasteiger partial charge < -0.3 is 18.3 Å². The van der Waals surface area contributed by atoms with E-state index in [9.17, 15) is 10.5 Å². The van der Waals surface area contributed by atoms with Crippen molar-refractivity contribution in [3.8, 4) is 69.1 Å². The smallest absolute Gasteiger partial charge is 0.166 e. The molecule has 5 heterocycles. The van der Waals surface area contributed by atoms with Gasteiger partial charge in [-0.1, -0.05) is 140 Å². The van der Waals surface area contributed by atoms with Crippen LogP contribution in [0.15, 0.2) is 249 Å². The Labute approximate surface area is 457 Å². The molecule has 0 unspecified atom stereocenters. The van der Waals surface area contributed by atoms with Crippen LogP contribution in [0, 0.1) is 22.7 Å². The highest BCUT2D eigenvalue weighted by Gasteiger charge is 2.25. The number of nitriles is 2. The van der Waals surface area contributed by atoms with E-state index in [1.807, 2.05) is 78.9 Å².